The summed E-state index contributed by atoms with van der Waals surface area (Å²) in [5.74, 6) is 1.01. The Balaban J connectivity index is 1.71. The van der Waals surface area contributed by atoms with Crippen molar-refractivity contribution >= 4 is 43.5 Å². The number of rotatable bonds is 5. The van der Waals surface area contributed by atoms with Gasteiger partial charge in [0.1, 0.15) is 6.10 Å². The van der Waals surface area contributed by atoms with E-state index < -0.39 is 0 Å². The number of hydrogen-bond donors (Lipinski definition) is 0. The predicted molar refractivity (Wildman–Crippen MR) is 78.9 cm³/mol. The lowest BCUT2D eigenvalue weighted by atomic mass is 9.88. The van der Waals surface area contributed by atoms with Crippen molar-refractivity contribution < 1.29 is 14.2 Å². The molecule has 3 nitrogen and oxygen atoms in total. The first-order valence-corrected chi connectivity index (χ1v) is 8.76. The lowest BCUT2D eigenvalue weighted by molar-refractivity contribution is -0.111. The highest BCUT2D eigenvalue weighted by Crippen LogP contribution is 2.37. The highest BCUT2D eigenvalue weighted by atomic mass is 79.9. The molecule has 0 aromatic heterocycles. The standard InChI is InChI=1S/C12H19Br2ClO3/c13-10-2-1-8(5-11(10)14)12-17-7-9(18-12)6-16-4-3-15/h8-12H,1-7H2/t8-,9+,10-,11+,12-/m1/s1. The van der Waals surface area contributed by atoms with E-state index in [0.717, 1.165) is 19.3 Å². The van der Waals surface area contributed by atoms with Gasteiger partial charge in [0.25, 0.3) is 0 Å². The monoisotopic (exact) mass is 404 g/mol. The second-order valence-corrected chi connectivity index (χ2v) is 7.56. The lowest BCUT2D eigenvalue weighted by Gasteiger charge is -2.32. The van der Waals surface area contributed by atoms with Gasteiger partial charge in [-0.25, -0.2) is 0 Å². The van der Waals surface area contributed by atoms with E-state index in [9.17, 15) is 0 Å². The normalized spacial score (nSPS) is 41.2. The summed E-state index contributed by atoms with van der Waals surface area (Å²) in [5.41, 5.74) is 0. The van der Waals surface area contributed by atoms with Gasteiger partial charge in [-0.15, -0.1) is 11.6 Å². The average Bonchev–Trinajstić information content (AvgIpc) is 2.82. The molecule has 0 spiro atoms. The Morgan fingerprint density at radius 2 is 2.06 bits per heavy atom. The van der Waals surface area contributed by atoms with E-state index in [2.05, 4.69) is 31.9 Å². The third kappa shape index (κ3) is 4.32. The second-order valence-electron chi connectivity index (χ2n) is 4.83. The van der Waals surface area contributed by atoms with Gasteiger partial charge in [-0.05, 0) is 19.3 Å². The van der Waals surface area contributed by atoms with Crippen LogP contribution in [0, 0.1) is 5.92 Å². The fourth-order valence-corrected chi connectivity index (χ4v) is 3.76. The van der Waals surface area contributed by atoms with Crippen LogP contribution in [0.15, 0.2) is 0 Å². The summed E-state index contributed by atoms with van der Waals surface area (Å²) in [6, 6.07) is 0. The van der Waals surface area contributed by atoms with Crippen LogP contribution in [0.5, 0.6) is 0 Å². The van der Waals surface area contributed by atoms with Gasteiger partial charge in [0.2, 0.25) is 0 Å². The summed E-state index contributed by atoms with van der Waals surface area (Å²) in [7, 11) is 0. The topological polar surface area (TPSA) is 27.7 Å². The molecule has 0 amide bonds. The van der Waals surface area contributed by atoms with Crippen LogP contribution in [0.2, 0.25) is 0 Å². The van der Waals surface area contributed by atoms with E-state index in [1.54, 1.807) is 0 Å². The molecule has 0 bridgehead atoms. The second kappa shape index (κ2) is 7.79. The number of halogens is 3. The van der Waals surface area contributed by atoms with Crippen molar-refractivity contribution in [3.63, 3.8) is 0 Å². The Kier molecular flexibility index (Phi) is 6.72. The number of ether oxygens (including phenoxy) is 3. The molecule has 6 heteroatoms. The van der Waals surface area contributed by atoms with Gasteiger partial charge in [-0.3, -0.25) is 0 Å². The third-order valence-corrected chi connectivity index (χ3v) is 6.39. The van der Waals surface area contributed by atoms with Crippen LogP contribution >= 0.6 is 43.5 Å². The molecule has 2 rings (SSSR count). The molecule has 5 atom stereocenters. The number of alkyl halides is 3. The molecule has 1 aliphatic heterocycles. The van der Waals surface area contributed by atoms with Gasteiger partial charge < -0.3 is 14.2 Å². The van der Waals surface area contributed by atoms with Crippen LogP contribution in [-0.2, 0) is 14.2 Å². The van der Waals surface area contributed by atoms with E-state index >= 15 is 0 Å². The van der Waals surface area contributed by atoms with Gasteiger partial charge in [-0.1, -0.05) is 31.9 Å². The molecule has 0 N–H and O–H groups in total. The lowest BCUT2D eigenvalue weighted by Crippen LogP contribution is -2.33. The molecule has 0 aromatic carbocycles. The predicted octanol–water partition coefficient (Wildman–Crippen LogP) is 3.31. The van der Waals surface area contributed by atoms with Gasteiger partial charge in [0.05, 0.1) is 19.8 Å². The zero-order valence-electron chi connectivity index (χ0n) is 10.2. The summed E-state index contributed by atoms with van der Waals surface area (Å²) in [6.07, 6.45) is 3.41. The van der Waals surface area contributed by atoms with E-state index in [1.165, 1.54) is 0 Å². The molecule has 2 fully saturated rings. The van der Waals surface area contributed by atoms with Crippen LogP contribution < -0.4 is 0 Å². The minimum absolute atomic E-state index is 0.0605. The molecule has 1 saturated carbocycles. The van der Waals surface area contributed by atoms with Crippen LogP contribution in [-0.4, -0.2) is 47.7 Å². The summed E-state index contributed by atoms with van der Waals surface area (Å²) in [5, 5.41) is 0. The average molecular weight is 407 g/mol. The Bertz CT molecular complexity index is 257. The zero-order valence-corrected chi connectivity index (χ0v) is 14.1. The molecule has 1 aliphatic carbocycles. The van der Waals surface area contributed by atoms with Crippen LogP contribution in [0.3, 0.4) is 0 Å². The Hall–Kier alpha value is 1.13. The van der Waals surface area contributed by atoms with Gasteiger partial charge in [-0.2, -0.15) is 0 Å². The van der Waals surface area contributed by atoms with E-state index in [4.69, 9.17) is 25.8 Å². The molecule has 0 unspecified atom stereocenters. The van der Waals surface area contributed by atoms with E-state index in [1.807, 2.05) is 0 Å². The molecule has 1 heterocycles. The molecular weight excluding hydrogens is 387 g/mol. The van der Waals surface area contributed by atoms with Crippen molar-refractivity contribution in [2.24, 2.45) is 5.92 Å². The minimum Gasteiger partial charge on any atom is -0.377 e. The first kappa shape index (κ1) is 15.5. The minimum atomic E-state index is -0.0605. The molecule has 106 valence electrons. The maximum Gasteiger partial charge on any atom is 0.161 e. The maximum atomic E-state index is 5.90. The largest absolute Gasteiger partial charge is 0.377 e. The fraction of sp³-hybridized carbons (Fsp3) is 1.00. The zero-order chi connectivity index (χ0) is 13.0. The van der Waals surface area contributed by atoms with Gasteiger partial charge in [0, 0.05) is 21.5 Å². The van der Waals surface area contributed by atoms with Crippen molar-refractivity contribution in [2.75, 3.05) is 25.7 Å². The van der Waals surface area contributed by atoms with Crippen LogP contribution in [0.25, 0.3) is 0 Å². The van der Waals surface area contributed by atoms with Crippen molar-refractivity contribution in [3.05, 3.63) is 0 Å². The summed E-state index contributed by atoms with van der Waals surface area (Å²) in [4.78, 5) is 1.08. The van der Waals surface area contributed by atoms with E-state index in [-0.39, 0.29) is 12.4 Å². The van der Waals surface area contributed by atoms with Crippen molar-refractivity contribution in [1.82, 2.24) is 0 Å². The van der Waals surface area contributed by atoms with Crippen LogP contribution in [0.4, 0.5) is 0 Å². The smallest absolute Gasteiger partial charge is 0.161 e. The highest BCUT2D eigenvalue weighted by Gasteiger charge is 2.37. The molecule has 2 aliphatic rings. The van der Waals surface area contributed by atoms with Crippen molar-refractivity contribution in [2.45, 2.75) is 41.3 Å². The molecule has 1 saturated heterocycles. The molecule has 18 heavy (non-hydrogen) atoms. The quantitative estimate of drug-likeness (QED) is 0.518. The van der Waals surface area contributed by atoms with Gasteiger partial charge >= 0.3 is 0 Å². The maximum absolute atomic E-state index is 5.90. The summed E-state index contributed by atoms with van der Waals surface area (Å²) >= 11 is 13.0. The first-order valence-electron chi connectivity index (χ1n) is 6.39. The SMILES string of the molecule is ClCCOC[C@H]1CO[C@@H]([C@@H]2CC[C@@H](Br)[C@@H](Br)C2)O1. The molecular formula is C12H19Br2ClO3. The Morgan fingerprint density at radius 3 is 2.78 bits per heavy atom. The molecule has 0 radical (unpaired) electrons. The fourth-order valence-electron chi connectivity index (χ4n) is 2.43. The van der Waals surface area contributed by atoms with E-state index in [0.29, 0.717) is 41.3 Å². The first-order chi connectivity index (χ1) is 8.70. The summed E-state index contributed by atoms with van der Waals surface area (Å²) in [6.45, 7) is 1.78. The highest BCUT2D eigenvalue weighted by molar-refractivity contribution is 9.12. The number of hydrogen-bond acceptors (Lipinski definition) is 3. The summed E-state index contributed by atoms with van der Waals surface area (Å²) < 4.78 is 17.0. The van der Waals surface area contributed by atoms with Gasteiger partial charge in [0.15, 0.2) is 6.29 Å². The third-order valence-electron chi connectivity index (χ3n) is 3.42. The van der Waals surface area contributed by atoms with Crippen molar-refractivity contribution in [1.29, 1.82) is 0 Å². The molecule has 0 aromatic rings. The van der Waals surface area contributed by atoms with Crippen molar-refractivity contribution in [3.8, 4) is 0 Å². The van der Waals surface area contributed by atoms with Crippen LogP contribution in [0.1, 0.15) is 19.3 Å². The Labute approximate surface area is 130 Å². The Morgan fingerprint density at radius 1 is 1.22 bits per heavy atom.